The van der Waals surface area contributed by atoms with Crippen molar-refractivity contribution in [2.24, 2.45) is 13.0 Å². The van der Waals surface area contributed by atoms with Crippen molar-refractivity contribution in [3.05, 3.63) is 66.4 Å². The molecule has 0 radical (unpaired) electrons. The average molecular weight is 347 g/mol. The SMILES string of the molecule is Cn1ccc2c(NC(=O)[C@@H]3CC(=O)N(Cc4ccccc4)C3)cccc21. The quantitative estimate of drug-likeness (QED) is 0.788. The predicted molar refractivity (Wildman–Crippen MR) is 102 cm³/mol. The molecule has 4 rings (SSSR count). The van der Waals surface area contributed by atoms with Gasteiger partial charge in [-0.2, -0.15) is 0 Å². The molecule has 2 amide bonds. The van der Waals surface area contributed by atoms with Gasteiger partial charge in [-0.15, -0.1) is 0 Å². The van der Waals surface area contributed by atoms with Crippen molar-refractivity contribution in [1.29, 1.82) is 0 Å². The minimum Gasteiger partial charge on any atom is -0.350 e. The molecule has 1 fully saturated rings. The third-order valence-electron chi connectivity index (χ3n) is 4.99. The van der Waals surface area contributed by atoms with Crippen molar-refractivity contribution < 1.29 is 9.59 Å². The zero-order valence-corrected chi connectivity index (χ0v) is 14.7. The Morgan fingerprint density at radius 2 is 1.92 bits per heavy atom. The fourth-order valence-corrected chi connectivity index (χ4v) is 3.55. The van der Waals surface area contributed by atoms with Crippen LogP contribution in [0.3, 0.4) is 0 Å². The summed E-state index contributed by atoms with van der Waals surface area (Å²) in [7, 11) is 1.98. The number of benzene rings is 2. The van der Waals surface area contributed by atoms with E-state index in [-0.39, 0.29) is 24.2 Å². The smallest absolute Gasteiger partial charge is 0.229 e. The van der Waals surface area contributed by atoms with Crippen LogP contribution in [0.4, 0.5) is 5.69 Å². The molecule has 2 aromatic carbocycles. The summed E-state index contributed by atoms with van der Waals surface area (Å²) >= 11 is 0. The minimum atomic E-state index is -0.315. The van der Waals surface area contributed by atoms with Gasteiger partial charge in [0.05, 0.1) is 11.6 Å². The second-order valence-electron chi connectivity index (χ2n) is 6.82. The molecular formula is C21H21N3O2. The molecule has 2 heterocycles. The standard InChI is InChI=1S/C21H21N3O2/c1-23-11-10-17-18(8-5-9-19(17)23)22-21(26)16-12-20(25)24(14-16)13-15-6-3-2-4-7-15/h2-11,16H,12-14H2,1H3,(H,22,26)/t16-/m1/s1. The van der Waals surface area contributed by atoms with Crippen LogP contribution in [0.25, 0.3) is 10.9 Å². The van der Waals surface area contributed by atoms with E-state index in [0.717, 1.165) is 22.2 Å². The van der Waals surface area contributed by atoms with E-state index in [4.69, 9.17) is 0 Å². The van der Waals surface area contributed by atoms with E-state index in [0.29, 0.717) is 13.1 Å². The summed E-state index contributed by atoms with van der Waals surface area (Å²) in [5.41, 5.74) is 2.94. The summed E-state index contributed by atoms with van der Waals surface area (Å²) < 4.78 is 2.02. The highest BCUT2D eigenvalue weighted by Gasteiger charge is 2.34. The number of nitrogens with one attached hydrogen (secondary N) is 1. The Morgan fingerprint density at radius 1 is 1.12 bits per heavy atom. The first-order chi connectivity index (χ1) is 12.6. The summed E-state index contributed by atoms with van der Waals surface area (Å²) in [6.45, 7) is 1.02. The van der Waals surface area contributed by atoms with Crippen LogP contribution in [0.1, 0.15) is 12.0 Å². The molecule has 0 bridgehead atoms. The van der Waals surface area contributed by atoms with E-state index in [1.807, 2.05) is 72.4 Å². The normalized spacial score (nSPS) is 17.0. The molecule has 1 aromatic heterocycles. The highest BCUT2D eigenvalue weighted by atomic mass is 16.2. The van der Waals surface area contributed by atoms with Crippen molar-refractivity contribution in [1.82, 2.24) is 9.47 Å². The number of carbonyl (C=O) groups excluding carboxylic acids is 2. The molecule has 132 valence electrons. The summed E-state index contributed by atoms with van der Waals surface area (Å²) in [5, 5.41) is 4.02. The van der Waals surface area contributed by atoms with Gasteiger partial charge < -0.3 is 14.8 Å². The average Bonchev–Trinajstić information content (AvgIpc) is 3.20. The number of nitrogens with zero attached hydrogens (tertiary/aromatic N) is 2. The zero-order valence-electron chi connectivity index (χ0n) is 14.7. The Bertz CT molecular complexity index is 962. The Labute approximate surface area is 152 Å². The summed E-state index contributed by atoms with van der Waals surface area (Å²) in [5.74, 6) is -0.373. The van der Waals surface area contributed by atoms with Gasteiger partial charge in [-0.25, -0.2) is 0 Å². The lowest BCUT2D eigenvalue weighted by Gasteiger charge is -2.17. The largest absolute Gasteiger partial charge is 0.350 e. The van der Waals surface area contributed by atoms with Crippen molar-refractivity contribution in [2.45, 2.75) is 13.0 Å². The number of rotatable bonds is 4. The maximum absolute atomic E-state index is 12.7. The fraction of sp³-hybridized carbons (Fsp3) is 0.238. The maximum Gasteiger partial charge on any atom is 0.229 e. The van der Waals surface area contributed by atoms with Crippen molar-refractivity contribution in [3.63, 3.8) is 0 Å². The summed E-state index contributed by atoms with van der Waals surface area (Å²) in [4.78, 5) is 26.8. The van der Waals surface area contributed by atoms with Gasteiger partial charge >= 0.3 is 0 Å². The van der Waals surface area contributed by atoms with Crippen LogP contribution < -0.4 is 5.32 Å². The second-order valence-corrected chi connectivity index (χ2v) is 6.82. The molecule has 1 atom stereocenters. The number of aryl methyl sites for hydroxylation is 1. The van der Waals surface area contributed by atoms with Gasteiger partial charge in [0.15, 0.2) is 0 Å². The van der Waals surface area contributed by atoms with Gasteiger partial charge in [-0.05, 0) is 23.8 Å². The van der Waals surface area contributed by atoms with Crippen LogP contribution in [0.15, 0.2) is 60.8 Å². The molecule has 0 spiro atoms. The van der Waals surface area contributed by atoms with E-state index >= 15 is 0 Å². The molecule has 3 aromatic rings. The highest BCUT2D eigenvalue weighted by Crippen LogP contribution is 2.26. The molecule has 26 heavy (non-hydrogen) atoms. The molecule has 5 heteroatoms. The molecule has 1 aliphatic heterocycles. The van der Waals surface area contributed by atoms with Crippen LogP contribution in [0.5, 0.6) is 0 Å². The van der Waals surface area contributed by atoms with Gasteiger partial charge in [-0.3, -0.25) is 9.59 Å². The number of anilines is 1. The summed E-state index contributed by atoms with van der Waals surface area (Å²) in [6.07, 6.45) is 2.24. The van der Waals surface area contributed by atoms with Gasteiger partial charge in [0.2, 0.25) is 11.8 Å². The number of hydrogen-bond acceptors (Lipinski definition) is 2. The van der Waals surface area contributed by atoms with E-state index in [1.165, 1.54) is 0 Å². The molecule has 1 aliphatic rings. The molecule has 0 saturated carbocycles. The number of amides is 2. The first-order valence-corrected chi connectivity index (χ1v) is 8.78. The topological polar surface area (TPSA) is 54.3 Å². The van der Waals surface area contributed by atoms with Crippen LogP contribution >= 0.6 is 0 Å². The van der Waals surface area contributed by atoms with Gasteiger partial charge in [0.25, 0.3) is 0 Å². The van der Waals surface area contributed by atoms with Crippen molar-refractivity contribution >= 4 is 28.4 Å². The fourth-order valence-electron chi connectivity index (χ4n) is 3.55. The third kappa shape index (κ3) is 3.08. The first-order valence-electron chi connectivity index (χ1n) is 8.78. The molecule has 1 saturated heterocycles. The monoisotopic (exact) mass is 347 g/mol. The highest BCUT2D eigenvalue weighted by molar-refractivity contribution is 6.03. The summed E-state index contributed by atoms with van der Waals surface area (Å²) in [6, 6.07) is 17.7. The maximum atomic E-state index is 12.7. The van der Waals surface area contributed by atoms with Gasteiger partial charge in [-0.1, -0.05) is 36.4 Å². The number of carbonyl (C=O) groups is 2. The van der Waals surface area contributed by atoms with Crippen LogP contribution in [-0.4, -0.2) is 27.8 Å². The molecule has 0 aliphatic carbocycles. The Balaban J connectivity index is 1.46. The van der Waals surface area contributed by atoms with Gasteiger partial charge in [0.1, 0.15) is 0 Å². The van der Waals surface area contributed by atoms with Crippen molar-refractivity contribution in [3.8, 4) is 0 Å². The number of hydrogen-bond donors (Lipinski definition) is 1. The Kier molecular flexibility index (Phi) is 4.21. The van der Waals surface area contributed by atoms with E-state index in [1.54, 1.807) is 4.90 Å². The first kappa shape index (κ1) is 16.4. The van der Waals surface area contributed by atoms with Crippen LogP contribution in [-0.2, 0) is 23.2 Å². The minimum absolute atomic E-state index is 0.0342. The molecule has 1 N–H and O–H groups in total. The molecular weight excluding hydrogens is 326 g/mol. The van der Waals surface area contributed by atoms with E-state index < -0.39 is 0 Å². The van der Waals surface area contributed by atoms with Gasteiger partial charge in [0, 0.05) is 43.7 Å². The van der Waals surface area contributed by atoms with Crippen molar-refractivity contribution in [2.75, 3.05) is 11.9 Å². The lowest BCUT2D eigenvalue weighted by molar-refractivity contribution is -0.128. The number of likely N-dealkylation sites (tertiary alicyclic amines) is 1. The zero-order chi connectivity index (χ0) is 18.1. The number of fused-ring (bicyclic) bond motifs is 1. The number of aromatic nitrogens is 1. The lowest BCUT2D eigenvalue weighted by atomic mass is 10.1. The van der Waals surface area contributed by atoms with E-state index in [2.05, 4.69) is 5.32 Å². The molecule has 0 unspecified atom stereocenters. The van der Waals surface area contributed by atoms with E-state index in [9.17, 15) is 9.59 Å². The Hall–Kier alpha value is -3.08. The molecule has 5 nitrogen and oxygen atoms in total. The second kappa shape index (κ2) is 6.67. The van der Waals surface area contributed by atoms with Crippen LogP contribution in [0, 0.1) is 5.92 Å². The Morgan fingerprint density at radius 3 is 2.73 bits per heavy atom. The third-order valence-corrected chi connectivity index (χ3v) is 4.99. The predicted octanol–water partition coefficient (Wildman–Crippen LogP) is 3.17. The lowest BCUT2D eigenvalue weighted by Crippen LogP contribution is -2.28. The van der Waals surface area contributed by atoms with Crippen LogP contribution in [0.2, 0.25) is 0 Å².